The molecule has 1 aromatic heterocycles. The molecule has 0 saturated heterocycles. The number of hydrogen-bond donors (Lipinski definition) is 0. The number of carbonyl (C=O) groups is 2. The molecule has 5 heteroatoms. The summed E-state index contributed by atoms with van der Waals surface area (Å²) in [5.41, 5.74) is 0.394. The van der Waals surface area contributed by atoms with Crippen molar-refractivity contribution >= 4 is 18.0 Å². The van der Waals surface area contributed by atoms with Gasteiger partial charge in [-0.25, -0.2) is 4.79 Å². The minimum absolute atomic E-state index is 0.126. The fourth-order valence-corrected chi connectivity index (χ4v) is 1.35. The second kappa shape index (κ2) is 6.84. The molecule has 0 radical (unpaired) electrons. The minimum atomic E-state index is -0.610. The number of ether oxygens (including phenoxy) is 2. The Hall–Kier alpha value is -2.17. The quantitative estimate of drug-likeness (QED) is 0.624. The predicted molar refractivity (Wildman–Crippen MR) is 74.7 cm³/mol. The van der Waals surface area contributed by atoms with Crippen LogP contribution in [0, 0.1) is 0 Å². The molecule has 1 rings (SSSR count). The van der Waals surface area contributed by atoms with E-state index in [4.69, 9.17) is 9.47 Å². The van der Waals surface area contributed by atoms with Crippen molar-refractivity contribution in [3.8, 4) is 0 Å². The lowest BCUT2D eigenvalue weighted by molar-refractivity contribution is -0.151. The number of hydrogen-bond acceptors (Lipinski definition) is 5. The van der Waals surface area contributed by atoms with Crippen molar-refractivity contribution in [2.24, 2.45) is 0 Å². The number of pyridine rings is 1. The average molecular weight is 277 g/mol. The third kappa shape index (κ3) is 6.13. The molecule has 0 bridgehead atoms. The third-order valence-corrected chi connectivity index (χ3v) is 2.12. The third-order valence-electron chi connectivity index (χ3n) is 2.12. The Morgan fingerprint density at radius 2 is 2.05 bits per heavy atom. The molecular formula is C15H19NO4. The number of aromatic nitrogens is 1. The lowest BCUT2D eigenvalue weighted by Crippen LogP contribution is -2.26. The summed E-state index contributed by atoms with van der Waals surface area (Å²) in [6, 6.07) is 3.55. The SMILES string of the molecule is CC(=O)OC/C(=C\c1cccnc1)C(=O)OC(C)(C)C. The maximum Gasteiger partial charge on any atom is 0.338 e. The lowest BCUT2D eigenvalue weighted by Gasteiger charge is -2.20. The van der Waals surface area contributed by atoms with Crippen LogP contribution in [0.25, 0.3) is 6.08 Å². The van der Waals surface area contributed by atoms with Gasteiger partial charge in [-0.05, 0) is 38.5 Å². The predicted octanol–water partition coefficient (Wildman–Crippen LogP) is 2.37. The van der Waals surface area contributed by atoms with Crippen LogP contribution in [0.3, 0.4) is 0 Å². The minimum Gasteiger partial charge on any atom is -0.461 e. The Labute approximate surface area is 118 Å². The van der Waals surface area contributed by atoms with Crippen LogP contribution in [-0.4, -0.2) is 29.1 Å². The lowest BCUT2D eigenvalue weighted by atomic mass is 10.1. The highest BCUT2D eigenvalue weighted by Gasteiger charge is 2.20. The van der Waals surface area contributed by atoms with Crippen LogP contribution in [0.2, 0.25) is 0 Å². The van der Waals surface area contributed by atoms with Gasteiger partial charge in [0.1, 0.15) is 12.2 Å². The molecule has 0 aliphatic rings. The molecule has 0 aromatic carbocycles. The molecular weight excluding hydrogens is 258 g/mol. The van der Waals surface area contributed by atoms with Crippen LogP contribution < -0.4 is 0 Å². The molecule has 0 spiro atoms. The van der Waals surface area contributed by atoms with Crippen molar-refractivity contribution < 1.29 is 19.1 Å². The monoisotopic (exact) mass is 277 g/mol. The molecule has 0 aliphatic heterocycles. The van der Waals surface area contributed by atoms with E-state index in [-0.39, 0.29) is 12.2 Å². The smallest absolute Gasteiger partial charge is 0.338 e. The van der Waals surface area contributed by atoms with Crippen molar-refractivity contribution in [2.45, 2.75) is 33.3 Å². The van der Waals surface area contributed by atoms with Gasteiger partial charge in [-0.15, -0.1) is 0 Å². The van der Waals surface area contributed by atoms with Crippen LogP contribution in [0.15, 0.2) is 30.1 Å². The van der Waals surface area contributed by atoms with E-state index in [1.807, 2.05) is 0 Å². The first-order valence-corrected chi connectivity index (χ1v) is 6.25. The first kappa shape index (κ1) is 15.9. The fraction of sp³-hybridized carbons (Fsp3) is 0.400. The van der Waals surface area contributed by atoms with Gasteiger partial charge >= 0.3 is 11.9 Å². The van der Waals surface area contributed by atoms with E-state index in [1.54, 1.807) is 51.4 Å². The topological polar surface area (TPSA) is 65.5 Å². The number of nitrogens with zero attached hydrogens (tertiary/aromatic N) is 1. The molecule has 0 atom stereocenters. The van der Waals surface area contributed by atoms with E-state index in [1.165, 1.54) is 6.92 Å². The van der Waals surface area contributed by atoms with Crippen LogP contribution in [0.4, 0.5) is 0 Å². The number of rotatable bonds is 4. The van der Waals surface area contributed by atoms with E-state index in [0.717, 1.165) is 5.56 Å². The van der Waals surface area contributed by atoms with E-state index in [9.17, 15) is 9.59 Å². The van der Waals surface area contributed by atoms with Gasteiger partial charge in [0, 0.05) is 19.3 Å². The first-order valence-electron chi connectivity index (χ1n) is 6.25. The van der Waals surface area contributed by atoms with Crippen LogP contribution in [-0.2, 0) is 19.1 Å². The van der Waals surface area contributed by atoms with Gasteiger partial charge in [-0.3, -0.25) is 9.78 Å². The Morgan fingerprint density at radius 3 is 2.55 bits per heavy atom. The molecule has 0 aliphatic carbocycles. The van der Waals surface area contributed by atoms with Crippen LogP contribution >= 0.6 is 0 Å². The van der Waals surface area contributed by atoms with E-state index in [0.29, 0.717) is 0 Å². The molecule has 0 saturated carbocycles. The summed E-state index contributed by atoms with van der Waals surface area (Å²) in [6.07, 6.45) is 4.85. The Balaban J connectivity index is 2.93. The van der Waals surface area contributed by atoms with Crippen molar-refractivity contribution in [3.05, 3.63) is 35.7 Å². The summed E-state index contributed by atoms with van der Waals surface area (Å²) >= 11 is 0. The molecule has 1 aromatic rings. The molecule has 5 nitrogen and oxygen atoms in total. The van der Waals surface area contributed by atoms with Gasteiger partial charge in [-0.2, -0.15) is 0 Å². The normalized spacial score (nSPS) is 11.9. The van der Waals surface area contributed by atoms with Gasteiger partial charge in [0.15, 0.2) is 0 Å². The average Bonchev–Trinajstić information content (AvgIpc) is 2.33. The summed E-state index contributed by atoms with van der Waals surface area (Å²) in [4.78, 5) is 26.9. The van der Waals surface area contributed by atoms with Crippen molar-refractivity contribution in [2.75, 3.05) is 6.61 Å². The highest BCUT2D eigenvalue weighted by Crippen LogP contribution is 2.14. The molecule has 108 valence electrons. The molecule has 0 amide bonds. The maximum atomic E-state index is 12.1. The zero-order chi connectivity index (χ0) is 15.2. The Bertz CT molecular complexity index is 500. The van der Waals surface area contributed by atoms with Gasteiger partial charge < -0.3 is 9.47 Å². The summed E-state index contributed by atoms with van der Waals surface area (Å²) < 4.78 is 10.2. The van der Waals surface area contributed by atoms with Crippen molar-refractivity contribution in [1.82, 2.24) is 4.98 Å². The Kier molecular flexibility index (Phi) is 5.43. The highest BCUT2D eigenvalue weighted by atomic mass is 16.6. The molecule has 1 heterocycles. The van der Waals surface area contributed by atoms with E-state index < -0.39 is 17.5 Å². The van der Waals surface area contributed by atoms with E-state index in [2.05, 4.69) is 4.98 Å². The fourth-order valence-electron chi connectivity index (χ4n) is 1.35. The summed E-state index contributed by atoms with van der Waals surface area (Å²) in [7, 11) is 0. The number of carbonyl (C=O) groups excluding carboxylic acids is 2. The molecule has 0 N–H and O–H groups in total. The largest absolute Gasteiger partial charge is 0.461 e. The zero-order valence-corrected chi connectivity index (χ0v) is 12.2. The highest BCUT2D eigenvalue weighted by molar-refractivity contribution is 5.94. The number of esters is 2. The first-order chi connectivity index (χ1) is 9.28. The zero-order valence-electron chi connectivity index (χ0n) is 12.2. The van der Waals surface area contributed by atoms with Crippen LogP contribution in [0.1, 0.15) is 33.3 Å². The molecule has 0 unspecified atom stereocenters. The van der Waals surface area contributed by atoms with Crippen molar-refractivity contribution in [3.63, 3.8) is 0 Å². The summed E-state index contributed by atoms with van der Waals surface area (Å²) in [5, 5.41) is 0. The molecule has 0 fully saturated rings. The standard InChI is InChI=1S/C15H19NO4/c1-11(17)19-10-13(14(18)20-15(2,3)4)8-12-6-5-7-16-9-12/h5-9H,10H2,1-4H3/b13-8+. The van der Waals surface area contributed by atoms with Crippen LogP contribution in [0.5, 0.6) is 0 Å². The second-order valence-electron chi connectivity index (χ2n) is 5.24. The summed E-state index contributed by atoms with van der Waals surface area (Å²) in [6.45, 7) is 6.49. The summed E-state index contributed by atoms with van der Waals surface area (Å²) in [5.74, 6) is -0.965. The Morgan fingerprint density at radius 1 is 1.35 bits per heavy atom. The van der Waals surface area contributed by atoms with Gasteiger partial charge in [-0.1, -0.05) is 6.07 Å². The van der Waals surface area contributed by atoms with Gasteiger partial charge in [0.2, 0.25) is 0 Å². The van der Waals surface area contributed by atoms with E-state index >= 15 is 0 Å². The maximum absolute atomic E-state index is 12.1. The molecule has 20 heavy (non-hydrogen) atoms. The van der Waals surface area contributed by atoms with Gasteiger partial charge in [0.25, 0.3) is 0 Å². The van der Waals surface area contributed by atoms with Gasteiger partial charge in [0.05, 0.1) is 5.57 Å². The second-order valence-corrected chi connectivity index (χ2v) is 5.24. The van der Waals surface area contributed by atoms with Crippen molar-refractivity contribution in [1.29, 1.82) is 0 Å².